The van der Waals surface area contributed by atoms with Crippen LogP contribution in [0.2, 0.25) is 0 Å². The summed E-state index contributed by atoms with van der Waals surface area (Å²) < 4.78 is 1.88. The monoisotopic (exact) mass is 321 g/mol. The van der Waals surface area contributed by atoms with Crippen molar-refractivity contribution in [2.24, 2.45) is 12.8 Å². The van der Waals surface area contributed by atoms with Gasteiger partial charge in [0.15, 0.2) is 0 Å². The molecule has 0 aliphatic carbocycles. The number of aryl methyl sites for hydroxylation is 1. The lowest BCUT2D eigenvalue weighted by atomic mass is 10.1. The summed E-state index contributed by atoms with van der Waals surface area (Å²) in [6.07, 6.45) is 4.24. The molecule has 6 nitrogen and oxygen atoms in total. The minimum atomic E-state index is -0.0244. The van der Waals surface area contributed by atoms with E-state index in [9.17, 15) is 4.79 Å². The molecule has 1 amide bonds. The van der Waals surface area contributed by atoms with E-state index < -0.39 is 0 Å². The molecule has 2 aromatic heterocycles. The topological polar surface area (TPSA) is 77.0 Å². The van der Waals surface area contributed by atoms with Crippen LogP contribution in [-0.4, -0.2) is 44.5 Å². The number of hydrogen-bond donors (Lipinski definition) is 1. The van der Waals surface area contributed by atoms with Crippen LogP contribution < -0.4 is 5.73 Å². The second kappa shape index (κ2) is 5.72. The first-order valence-corrected chi connectivity index (χ1v) is 8.05. The zero-order valence-corrected chi connectivity index (χ0v) is 13.5. The summed E-state index contributed by atoms with van der Waals surface area (Å²) in [5.41, 5.74) is 9.86. The quantitative estimate of drug-likeness (QED) is 0.781. The molecule has 122 valence electrons. The second-order valence-corrected chi connectivity index (χ2v) is 6.24. The molecule has 3 heterocycles. The first kappa shape index (κ1) is 14.8. The Bertz CT molecular complexity index is 902. The number of nitrogens with zero attached hydrogens (tertiary/aromatic N) is 4. The van der Waals surface area contributed by atoms with Crippen molar-refractivity contribution in [3.8, 4) is 11.3 Å². The molecule has 1 atom stereocenters. The minimum Gasteiger partial charge on any atom is -0.337 e. The van der Waals surface area contributed by atoms with Gasteiger partial charge in [0, 0.05) is 37.9 Å². The van der Waals surface area contributed by atoms with E-state index >= 15 is 0 Å². The lowest BCUT2D eigenvalue weighted by molar-refractivity contribution is 0.0792. The van der Waals surface area contributed by atoms with Crippen LogP contribution in [0, 0.1) is 0 Å². The summed E-state index contributed by atoms with van der Waals surface area (Å²) in [4.78, 5) is 23.7. The number of nitrogens with two attached hydrogens (primary N) is 1. The Balaban J connectivity index is 1.84. The van der Waals surface area contributed by atoms with Crippen LogP contribution in [0.1, 0.15) is 16.8 Å². The summed E-state index contributed by atoms with van der Waals surface area (Å²) in [7, 11) is 1.90. The highest BCUT2D eigenvalue weighted by Crippen LogP contribution is 2.28. The third-order valence-corrected chi connectivity index (χ3v) is 4.53. The molecule has 1 saturated heterocycles. The van der Waals surface area contributed by atoms with Gasteiger partial charge in [0.25, 0.3) is 5.91 Å². The normalized spacial score (nSPS) is 17.6. The lowest BCUT2D eigenvalue weighted by Gasteiger charge is -2.17. The van der Waals surface area contributed by atoms with Crippen LogP contribution in [0.3, 0.4) is 0 Å². The number of rotatable bonds is 2. The van der Waals surface area contributed by atoms with Crippen molar-refractivity contribution in [2.75, 3.05) is 13.1 Å². The molecule has 1 aliphatic rings. The summed E-state index contributed by atoms with van der Waals surface area (Å²) >= 11 is 0. The van der Waals surface area contributed by atoms with Crippen molar-refractivity contribution < 1.29 is 4.79 Å². The predicted molar refractivity (Wildman–Crippen MR) is 92.4 cm³/mol. The number of carbonyl (C=O) groups is 1. The number of likely N-dealkylation sites (tertiary alicyclic amines) is 1. The Kier molecular flexibility index (Phi) is 3.54. The lowest BCUT2D eigenvalue weighted by Crippen LogP contribution is -2.32. The predicted octanol–water partition coefficient (Wildman–Crippen LogP) is 1.81. The molecule has 2 N–H and O–H groups in total. The Morgan fingerprint density at radius 1 is 1.25 bits per heavy atom. The van der Waals surface area contributed by atoms with Crippen LogP contribution in [0.5, 0.6) is 0 Å². The fraction of sp³-hybridized carbons (Fsp3) is 0.278. The van der Waals surface area contributed by atoms with Crippen LogP contribution in [0.4, 0.5) is 0 Å². The zero-order valence-electron chi connectivity index (χ0n) is 13.5. The molecule has 0 spiro atoms. The Hall–Kier alpha value is -2.73. The third kappa shape index (κ3) is 2.35. The number of carbonyl (C=O) groups excluding carboxylic acids is 1. The standard InChI is InChI=1S/C18H19N5O/c1-22-11-21-16-15(12-5-3-2-4-6-12)20-9-14(17(16)22)18(24)23-8-7-13(19)10-23/h2-6,9,11,13H,7-8,10,19H2,1H3. The number of benzene rings is 1. The van der Waals surface area contributed by atoms with Crippen molar-refractivity contribution in [3.63, 3.8) is 0 Å². The van der Waals surface area contributed by atoms with E-state index in [-0.39, 0.29) is 11.9 Å². The highest BCUT2D eigenvalue weighted by molar-refractivity contribution is 6.07. The zero-order chi connectivity index (χ0) is 16.7. The molecule has 3 aromatic rings. The van der Waals surface area contributed by atoms with Gasteiger partial charge in [0.05, 0.1) is 23.1 Å². The smallest absolute Gasteiger partial charge is 0.257 e. The van der Waals surface area contributed by atoms with Crippen LogP contribution in [0.25, 0.3) is 22.3 Å². The molecule has 0 saturated carbocycles. The number of hydrogen-bond acceptors (Lipinski definition) is 4. The summed E-state index contributed by atoms with van der Waals surface area (Å²) in [6, 6.07) is 9.96. The molecule has 0 radical (unpaired) electrons. The first-order chi connectivity index (χ1) is 11.6. The second-order valence-electron chi connectivity index (χ2n) is 6.24. The van der Waals surface area contributed by atoms with E-state index in [1.54, 1.807) is 17.4 Å². The van der Waals surface area contributed by atoms with Gasteiger partial charge in [-0.3, -0.25) is 9.78 Å². The average Bonchev–Trinajstić information content (AvgIpc) is 3.21. The van der Waals surface area contributed by atoms with Crippen LogP contribution in [-0.2, 0) is 7.05 Å². The Labute approximate surface area is 139 Å². The molecule has 6 heteroatoms. The van der Waals surface area contributed by atoms with Crippen LogP contribution in [0.15, 0.2) is 42.9 Å². The number of pyridine rings is 1. The van der Waals surface area contributed by atoms with Gasteiger partial charge in [-0.25, -0.2) is 4.98 Å². The number of imidazole rings is 1. The highest BCUT2D eigenvalue weighted by atomic mass is 16.2. The first-order valence-electron chi connectivity index (χ1n) is 8.05. The molecule has 1 aliphatic heterocycles. The van der Waals surface area contributed by atoms with Gasteiger partial charge in [0.1, 0.15) is 5.52 Å². The maximum Gasteiger partial charge on any atom is 0.257 e. The van der Waals surface area contributed by atoms with Gasteiger partial charge in [0.2, 0.25) is 0 Å². The maximum absolute atomic E-state index is 12.9. The maximum atomic E-state index is 12.9. The number of amides is 1. The van der Waals surface area contributed by atoms with Gasteiger partial charge < -0.3 is 15.2 Å². The fourth-order valence-electron chi connectivity index (χ4n) is 3.28. The van der Waals surface area contributed by atoms with Crippen molar-refractivity contribution in [3.05, 3.63) is 48.4 Å². The SMILES string of the molecule is Cn1cnc2c(-c3ccccc3)ncc(C(=O)N3CCC(N)C3)c21. The Morgan fingerprint density at radius 3 is 2.75 bits per heavy atom. The van der Waals surface area contributed by atoms with Gasteiger partial charge in [-0.15, -0.1) is 0 Å². The molecule has 24 heavy (non-hydrogen) atoms. The number of fused-ring (bicyclic) bond motifs is 1. The van der Waals surface area contributed by atoms with Crippen molar-refractivity contribution in [1.82, 2.24) is 19.4 Å². The Morgan fingerprint density at radius 2 is 2.04 bits per heavy atom. The number of aromatic nitrogens is 3. The molecular weight excluding hydrogens is 302 g/mol. The third-order valence-electron chi connectivity index (χ3n) is 4.53. The van der Waals surface area contributed by atoms with E-state index in [4.69, 9.17) is 5.73 Å². The average molecular weight is 321 g/mol. The van der Waals surface area contributed by atoms with E-state index in [2.05, 4.69) is 9.97 Å². The summed E-state index contributed by atoms with van der Waals surface area (Å²) in [6.45, 7) is 1.29. The van der Waals surface area contributed by atoms with Gasteiger partial charge in [-0.1, -0.05) is 30.3 Å². The minimum absolute atomic E-state index is 0.0244. The highest BCUT2D eigenvalue weighted by Gasteiger charge is 2.27. The van der Waals surface area contributed by atoms with E-state index in [0.717, 1.165) is 28.7 Å². The van der Waals surface area contributed by atoms with Crippen molar-refractivity contribution >= 4 is 16.9 Å². The largest absolute Gasteiger partial charge is 0.337 e. The molecular formula is C18H19N5O. The molecule has 1 unspecified atom stereocenters. The van der Waals surface area contributed by atoms with Gasteiger partial charge >= 0.3 is 0 Å². The molecule has 1 aromatic carbocycles. The summed E-state index contributed by atoms with van der Waals surface area (Å²) in [5.74, 6) is -0.0244. The fourth-order valence-corrected chi connectivity index (χ4v) is 3.28. The van der Waals surface area contributed by atoms with Gasteiger partial charge in [-0.2, -0.15) is 0 Å². The molecule has 4 rings (SSSR count). The van der Waals surface area contributed by atoms with E-state index in [1.807, 2.05) is 41.9 Å². The van der Waals surface area contributed by atoms with E-state index in [1.165, 1.54) is 0 Å². The van der Waals surface area contributed by atoms with Crippen molar-refractivity contribution in [2.45, 2.75) is 12.5 Å². The molecule has 1 fully saturated rings. The van der Waals surface area contributed by atoms with Crippen LogP contribution >= 0.6 is 0 Å². The van der Waals surface area contributed by atoms with Crippen molar-refractivity contribution in [1.29, 1.82) is 0 Å². The summed E-state index contributed by atoms with van der Waals surface area (Å²) in [5, 5.41) is 0. The van der Waals surface area contributed by atoms with Gasteiger partial charge in [-0.05, 0) is 6.42 Å². The molecule has 0 bridgehead atoms. The van der Waals surface area contributed by atoms with E-state index in [0.29, 0.717) is 18.7 Å².